The first kappa shape index (κ1) is 14.4. The first-order valence-electron chi connectivity index (χ1n) is 6.45. The molecule has 4 heteroatoms. The Bertz CT molecular complexity index is 638. The summed E-state index contributed by atoms with van der Waals surface area (Å²) < 4.78 is 0. The van der Waals surface area contributed by atoms with E-state index in [2.05, 4.69) is 19.2 Å². The minimum absolute atomic E-state index is 0.254. The smallest absolute Gasteiger partial charge is 0.257 e. The second-order valence-electron chi connectivity index (χ2n) is 4.90. The van der Waals surface area contributed by atoms with Gasteiger partial charge in [0.05, 0.1) is 16.3 Å². The Kier molecular flexibility index (Phi) is 4.30. The number of hydrogen-bond acceptors (Lipinski definition) is 2. The summed E-state index contributed by atoms with van der Waals surface area (Å²) in [6.07, 6.45) is 0. The number of amides is 1. The van der Waals surface area contributed by atoms with Gasteiger partial charge in [-0.05, 0) is 29.7 Å². The van der Waals surface area contributed by atoms with Crippen LogP contribution in [0, 0.1) is 0 Å². The monoisotopic (exact) mass is 288 g/mol. The summed E-state index contributed by atoms with van der Waals surface area (Å²) in [6, 6.07) is 12.8. The molecule has 2 aromatic carbocycles. The number of benzene rings is 2. The molecule has 0 saturated heterocycles. The zero-order valence-electron chi connectivity index (χ0n) is 11.5. The minimum Gasteiger partial charge on any atom is -0.398 e. The summed E-state index contributed by atoms with van der Waals surface area (Å²) in [6.45, 7) is 4.16. The van der Waals surface area contributed by atoms with Crippen molar-refractivity contribution >= 4 is 28.9 Å². The average molecular weight is 289 g/mol. The molecule has 2 rings (SSSR count). The Labute approximate surface area is 123 Å². The third-order valence-corrected chi connectivity index (χ3v) is 3.53. The molecule has 3 nitrogen and oxygen atoms in total. The van der Waals surface area contributed by atoms with E-state index in [9.17, 15) is 4.79 Å². The molecule has 0 spiro atoms. The van der Waals surface area contributed by atoms with Crippen LogP contribution in [-0.4, -0.2) is 5.91 Å². The van der Waals surface area contributed by atoms with Gasteiger partial charge in [0.2, 0.25) is 0 Å². The summed E-state index contributed by atoms with van der Waals surface area (Å²) in [4.78, 5) is 12.3. The molecule has 0 saturated carbocycles. The Morgan fingerprint density at radius 1 is 1.15 bits per heavy atom. The Morgan fingerprint density at radius 2 is 1.85 bits per heavy atom. The normalized spacial score (nSPS) is 10.6. The van der Waals surface area contributed by atoms with Crippen molar-refractivity contribution in [3.8, 4) is 0 Å². The van der Waals surface area contributed by atoms with Gasteiger partial charge in [-0.15, -0.1) is 0 Å². The number of carbonyl (C=O) groups excluding carboxylic acids is 1. The number of carbonyl (C=O) groups is 1. The molecule has 0 atom stereocenters. The van der Waals surface area contributed by atoms with Gasteiger partial charge in [-0.1, -0.05) is 49.7 Å². The fourth-order valence-corrected chi connectivity index (χ4v) is 2.24. The van der Waals surface area contributed by atoms with Crippen molar-refractivity contribution in [2.45, 2.75) is 19.8 Å². The minimum atomic E-state index is -0.254. The number of para-hydroxylation sites is 1. The van der Waals surface area contributed by atoms with Gasteiger partial charge < -0.3 is 11.1 Å². The van der Waals surface area contributed by atoms with Crippen molar-refractivity contribution in [3.63, 3.8) is 0 Å². The van der Waals surface area contributed by atoms with Gasteiger partial charge in [-0.25, -0.2) is 0 Å². The van der Waals surface area contributed by atoms with Crippen LogP contribution in [0.3, 0.4) is 0 Å². The quantitative estimate of drug-likeness (QED) is 0.828. The molecule has 20 heavy (non-hydrogen) atoms. The molecule has 104 valence electrons. The van der Waals surface area contributed by atoms with Gasteiger partial charge in [0.15, 0.2) is 0 Å². The topological polar surface area (TPSA) is 55.1 Å². The summed E-state index contributed by atoms with van der Waals surface area (Å²) >= 11 is 6.07. The predicted molar refractivity (Wildman–Crippen MR) is 84.3 cm³/mol. The van der Waals surface area contributed by atoms with Crippen LogP contribution in [0.2, 0.25) is 5.02 Å². The summed E-state index contributed by atoms with van der Waals surface area (Å²) in [7, 11) is 0. The molecule has 0 aromatic heterocycles. The zero-order chi connectivity index (χ0) is 14.7. The number of nitrogen functional groups attached to an aromatic ring is 1. The molecular formula is C16H17ClN2O. The van der Waals surface area contributed by atoms with Gasteiger partial charge >= 0.3 is 0 Å². The molecule has 0 fully saturated rings. The van der Waals surface area contributed by atoms with Gasteiger partial charge in [0, 0.05) is 5.69 Å². The molecule has 0 aliphatic carbocycles. The highest BCUT2D eigenvalue weighted by atomic mass is 35.5. The van der Waals surface area contributed by atoms with Crippen molar-refractivity contribution in [3.05, 3.63) is 58.6 Å². The van der Waals surface area contributed by atoms with Crippen LogP contribution in [0.25, 0.3) is 0 Å². The number of hydrogen-bond donors (Lipinski definition) is 2. The van der Waals surface area contributed by atoms with Gasteiger partial charge in [-0.2, -0.15) is 0 Å². The van der Waals surface area contributed by atoms with Gasteiger partial charge in [0.1, 0.15) is 0 Å². The first-order chi connectivity index (χ1) is 9.50. The standard InChI is InChI=1S/C16H17ClN2O/c1-10(2)11-6-3-4-9-14(11)19-16(20)12-7-5-8-13(18)15(12)17/h3-10H,18H2,1-2H3,(H,19,20). The SMILES string of the molecule is CC(C)c1ccccc1NC(=O)c1cccc(N)c1Cl. The molecule has 0 aliphatic rings. The molecule has 0 heterocycles. The van der Waals surface area contributed by atoms with E-state index in [0.717, 1.165) is 11.3 Å². The van der Waals surface area contributed by atoms with Crippen molar-refractivity contribution < 1.29 is 4.79 Å². The largest absolute Gasteiger partial charge is 0.398 e. The average Bonchev–Trinajstić information content (AvgIpc) is 2.42. The van der Waals surface area contributed by atoms with Crippen molar-refractivity contribution in [2.24, 2.45) is 0 Å². The van der Waals surface area contributed by atoms with Gasteiger partial charge in [-0.3, -0.25) is 4.79 Å². The lowest BCUT2D eigenvalue weighted by Gasteiger charge is -2.14. The zero-order valence-corrected chi connectivity index (χ0v) is 12.2. The lowest BCUT2D eigenvalue weighted by atomic mass is 10.0. The van der Waals surface area contributed by atoms with E-state index in [4.69, 9.17) is 17.3 Å². The van der Waals surface area contributed by atoms with Crippen LogP contribution in [0.4, 0.5) is 11.4 Å². The second-order valence-corrected chi connectivity index (χ2v) is 5.28. The number of rotatable bonds is 3. The Balaban J connectivity index is 2.31. The lowest BCUT2D eigenvalue weighted by Crippen LogP contribution is -2.14. The summed E-state index contributed by atoms with van der Waals surface area (Å²) in [5.41, 5.74) is 8.38. The van der Waals surface area contributed by atoms with E-state index < -0.39 is 0 Å². The number of anilines is 2. The van der Waals surface area contributed by atoms with E-state index in [-0.39, 0.29) is 10.9 Å². The highest BCUT2D eigenvalue weighted by molar-refractivity contribution is 6.36. The molecule has 0 unspecified atom stereocenters. The predicted octanol–water partition coefficient (Wildman–Crippen LogP) is 4.30. The maximum absolute atomic E-state index is 12.3. The van der Waals surface area contributed by atoms with E-state index >= 15 is 0 Å². The number of nitrogens with two attached hydrogens (primary N) is 1. The third kappa shape index (κ3) is 2.94. The van der Waals surface area contributed by atoms with Crippen molar-refractivity contribution in [1.29, 1.82) is 0 Å². The van der Waals surface area contributed by atoms with Gasteiger partial charge in [0.25, 0.3) is 5.91 Å². The van der Waals surface area contributed by atoms with E-state index in [1.165, 1.54) is 0 Å². The Hall–Kier alpha value is -2.00. The Morgan fingerprint density at radius 3 is 2.55 bits per heavy atom. The van der Waals surface area contributed by atoms with Crippen LogP contribution >= 0.6 is 11.6 Å². The highest BCUT2D eigenvalue weighted by Gasteiger charge is 2.14. The molecule has 0 bridgehead atoms. The van der Waals surface area contributed by atoms with E-state index in [1.54, 1.807) is 18.2 Å². The summed E-state index contributed by atoms with van der Waals surface area (Å²) in [5, 5.41) is 3.18. The molecule has 0 aliphatic heterocycles. The van der Waals surface area contributed by atoms with E-state index in [1.807, 2.05) is 24.3 Å². The van der Waals surface area contributed by atoms with Crippen molar-refractivity contribution in [1.82, 2.24) is 0 Å². The van der Waals surface area contributed by atoms with Crippen LogP contribution < -0.4 is 11.1 Å². The molecule has 2 aromatic rings. The molecule has 0 radical (unpaired) electrons. The van der Waals surface area contributed by atoms with Crippen molar-refractivity contribution in [2.75, 3.05) is 11.1 Å². The number of nitrogens with one attached hydrogen (secondary N) is 1. The molecular weight excluding hydrogens is 272 g/mol. The molecule has 1 amide bonds. The van der Waals surface area contributed by atoms with Crippen LogP contribution in [0.1, 0.15) is 35.7 Å². The fourth-order valence-electron chi connectivity index (χ4n) is 2.03. The van der Waals surface area contributed by atoms with Crippen LogP contribution in [0.5, 0.6) is 0 Å². The molecule has 3 N–H and O–H groups in total. The number of halogens is 1. The van der Waals surface area contributed by atoms with Crippen LogP contribution in [0.15, 0.2) is 42.5 Å². The third-order valence-electron chi connectivity index (χ3n) is 3.10. The highest BCUT2D eigenvalue weighted by Crippen LogP contribution is 2.27. The summed E-state index contributed by atoms with van der Waals surface area (Å²) in [5.74, 6) is 0.0678. The second kappa shape index (κ2) is 5.97. The van der Waals surface area contributed by atoms with E-state index in [0.29, 0.717) is 17.2 Å². The fraction of sp³-hybridized carbons (Fsp3) is 0.188. The lowest BCUT2D eigenvalue weighted by molar-refractivity contribution is 0.102. The maximum Gasteiger partial charge on any atom is 0.257 e. The van der Waals surface area contributed by atoms with Crippen LogP contribution in [-0.2, 0) is 0 Å². The first-order valence-corrected chi connectivity index (χ1v) is 6.82. The maximum atomic E-state index is 12.3.